The summed E-state index contributed by atoms with van der Waals surface area (Å²) in [5, 5.41) is 0. The zero-order valence-corrected chi connectivity index (χ0v) is 10.00. The maximum Gasteiger partial charge on any atom is 0.124 e. The molecule has 1 heterocycles. The lowest BCUT2D eigenvalue weighted by Gasteiger charge is -2.28. The molecule has 0 unspecified atom stereocenters. The van der Waals surface area contributed by atoms with Crippen molar-refractivity contribution in [1.29, 1.82) is 0 Å². The van der Waals surface area contributed by atoms with Crippen LogP contribution in [0.5, 0.6) is 0 Å². The lowest BCUT2D eigenvalue weighted by Crippen LogP contribution is -2.28. The molecule has 15 heavy (non-hydrogen) atoms. The van der Waals surface area contributed by atoms with Gasteiger partial charge < -0.3 is 4.90 Å². The maximum absolute atomic E-state index is 4.50. The van der Waals surface area contributed by atoms with E-state index >= 15 is 0 Å². The molecule has 1 fully saturated rings. The summed E-state index contributed by atoms with van der Waals surface area (Å²) in [7, 11) is 0. The van der Waals surface area contributed by atoms with E-state index < -0.39 is 0 Å². The van der Waals surface area contributed by atoms with Gasteiger partial charge >= 0.3 is 0 Å². The van der Waals surface area contributed by atoms with Gasteiger partial charge in [0, 0.05) is 19.3 Å². The standard InChI is InChI=1S/C13H22N2/c1-4-8-13(14-11-12(2)3)15-9-6-5-7-10-15/h8,11H,2,4-7,9-10H2,1,3H3/b13-8-,14-11-. The zero-order chi connectivity index (χ0) is 11.1. The molecule has 0 aromatic carbocycles. The van der Waals surface area contributed by atoms with Crippen molar-refractivity contribution < 1.29 is 0 Å². The summed E-state index contributed by atoms with van der Waals surface area (Å²) in [6, 6.07) is 0. The van der Waals surface area contributed by atoms with Crippen LogP contribution in [-0.2, 0) is 0 Å². The normalized spacial score (nSPS) is 18.5. The minimum atomic E-state index is 1.01. The molecule has 1 aliphatic heterocycles. The number of nitrogens with zero attached hydrogens (tertiary/aromatic N) is 2. The molecule has 0 spiro atoms. The summed E-state index contributed by atoms with van der Waals surface area (Å²) in [6.45, 7) is 10.3. The van der Waals surface area contributed by atoms with Crippen molar-refractivity contribution in [2.24, 2.45) is 4.99 Å². The van der Waals surface area contributed by atoms with Gasteiger partial charge in [0.25, 0.3) is 0 Å². The number of rotatable bonds is 4. The van der Waals surface area contributed by atoms with E-state index in [0.29, 0.717) is 0 Å². The Morgan fingerprint density at radius 1 is 1.33 bits per heavy atom. The van der Waals surface area contributed by atoms with Crippen molar-refractivity contribution in [3.05, 3.63) is 24.0 Å². The molecule has 0 atom stereocenters. The second-order valence-electron chi connectivity index (χ2n) is 4.12. The molecule has 2 nitrogen and oxygen atoms in total. The highest BCUT2D eigenvalue weighted by Gasteiger charge is 2.11. The maximum atomic E-state index is 4.50. The van der Waals surface area contributed by atoms with Crippen molar-refractivity contribution in [1.82, 2.24) is 4.90 Å². The smallest absolute Gasteiger partial charge is 0.124 e. The molecule has 0 N–H and O–H groups in total. The number of hydrogen-bond donors (Lipinski definition) is 0. The lowest BCUT2D eigenvalue weighted by atomic mass is 10.1. The topological polar surface area (TPSA) is 15.6 Å². The van der Waals surface area contributed by atoms with Gasteiger partial charge in [-0.25, -0.2) is 4.99 Å². The van der Waals surface area contributed by atoms with Gasteiger partial charge in [0.1, 0.15) is 5.82 Å². The van der Waals surface area contributed by atoms with E-state index in [1.807, 2.05) is 13.1 Å². The predicted octanol–water partition coefficient (Wildman–Crippen LogP) is 3.37. The lowest BCUT2D eigenvalue weighted by molar-refractivity contribution is 0.282. The van der Waals surface area contributed by atoms with Crippen molar-refractivity contribution in [2.75, 3.05) is 13.1 Å². The Labute approximate surface area is 93.4 Å². The van der Waals surface area contributed by atoms with Crippen LogP contribution in [0.4, 0.5) is 0 Å². The van der Waals surface area contributed by atoms with Gasteiger partial charge in [-0.1, -0.05) is 13.5 Å². The number of hydrogen-bond acceptors (Lipinski definition) is 2. The van der Waals surface area contributed by atoms with Crippen molar-refractivity contribution in [3.8, 4) is 0 Å². The van der Waals surface area contributed by atoms with Crippen LogP contribution in [0.1, 0.15) is 39.5 Å². The van der Waals surface area contributed by atoms with E-state index in [0.717, 1.165) is 30.9 Å². The average Bonchev–Trinajstić information content (AvgIpc) is 2.25. The largest absolute Gasteiger partial charge is 0.357 e. The van der Waals surface area contributed by atoms with Crippen LogP contribution >= 0.6 is 0 Å². The van der Waals surface area contributed by atoms with Crippen LogP contribution in [0, 0.1) is 0 Å². The van der Waals surface area contributed by atoms with Gasteiger partial charge in [0.05, 0.1) is 0 Å². The third-order valence-electron chi connectivity index (χ3n) is 2.48. The Bertz CT molecular complexity index is 258. The van der Waals surface area contributed by atoms with E-state index in [1.54, 1.807) is 0 Å². The monoisotopic (exact) mass is 206 g/mol. The number of aliphatic imine (C=N–C) groups is 1. The summed E-state index contributed by atoms with van der Waals surface area (Å²) >= 11 is 0. The number of likely N-dealkylation sites (tertiary alicyclic amines) is 1. The van der Waals surface area contributed by atoms with Crippen LogP contribution in [-0.4, -0.2) is 24.2 Å². The fourth-order valence-corrected chi connectivity index (χ4v) is 1.75. The first-order valence-electron chi connectivity index (χ1n) is 5.88. The van der Waals surface area contributed by atoms with Crippen LogP contribution in [0.2, 0.25) is 0 Å². The molecule has 0 aromatic rings. The van der Waals surface area contributed by atoms with Crippen molar-refractivity contribution >= 4 is 6.21 Å². The summed E-state index contributed by atoms with van der Waals surface area (Å²) < 4.78 is 0. The highest BCUT2D eigenvalue weighted by Crippen LogP contribution is 2.16. The summed E-state index contributed by atoms with van der Waals surface area (Å²) in [6.07, 6.45) is 9.05. The van der Waals surface area contributed by atoms with Crippen LogP contribution in [0.3, 0.4) is 0 Å². The Hall–Kier alpha value is -1.05. The SMILES string of the molecule is C=C(C)/C=N\C(=C\CC)N1CCCCC1. The third kappa shape index (κ3) is 4.32. The first-order chi connectivity index (χ1) is 7.24. The molecule has 1 saturated heterocycles. The fraction of sp³-hybridized carbons (Fsp3) is 0.615. The van der Waals surface area contributed by atoms with Crippen molar-refractivity contribution in [2.45, 2.75) is 39.5 Å². The Morgan fingerprint density at radius 2 is 2.00 bits per heavy atom. The fourth-order valence-electron chi connectivity index (χ4n) is 1.75. The number of allylic oxidation sites excluding steroid dienone is 2. The van der Waals surface area contributed by atoms with E-state index in [2.05, 4.69) is 29.5 Å². The average molecular weight is 206 g/mol. The minimum Gasteiger partial charge on any atom is -0.357 e. The predicted molar refractivity (Wildman–Crippen MR) is 67.1 cm³/mol. The summed E-state index contributed by atoms with van der Waals surface area (Å²) in [5.74, 6) is 1.13. The zero-order valence-electron chi connectivity index (χ0n) is 10.00. The summed E-state index contributed by atoms with van der Waals surface area (Å²) in [5.41, 5.74) is 1.01. The molecule has 0 radical (unpaired) electrons. The molecule has 1 aliphatic rings. The first-order valence-corrected chi connectivity index (χ1v) is 5.88. The van der Waals surface area contributed by atoms with E-state index in [1.165, 1.54) is 19.3 Å². The quantitative estimate of drug-likeness (QED) is 0.644. The van der Waals surface area contributed by atoms with Gasteiger partial charge in [-0.2, -0.15) is 0 Å². The van der Waals surface area contributed by atoms with Crippen LogP contribution in [0.25, 0.3) is 0 Å². The Kier molecular flexibility index (Phi) is 5.16. The number of piperidine rings is 1. The first kappa shape index (κ1) is 12.0. The van der Waals surface area contributed by atoms with E-state index in [9.17, 15) is 0 Å². The molecule has 84 valence electrons. The van der Waals surface area contributed by atoms with E-state index in [4.69, 9.17) is 0 Å². The molecule has 2 heteroatoms. The molecule has 0 aromatic heterocycles. The molecule has 0 bridgehead atoms. The highest BCUT2D eigenvalue weighted by molar-refractivity contribution is 5.77. The van der Waals surface area contributed by atoms with Crippen LogP contribution in [0.15, 0.2) is 29.0 Å². The van der Waals surface area contributed by atoms with Gasteiger partial charge in [0.15, 0.2) is 0 Å². The molecule has 0 amide bonds. The van der Waals surface area contributed by atoms with Gasteiger partial charge in [-0.15, -0.1) is 0 Å². The van der Waals surface area contributed by atoms with Crippen molar-refractivity contribution in [3.63, 3.8) is 0 Å². The minimum absolute atomic E-state index is 1.01. The molecular weight excluding hydrogens is 184 g/mol. The van der Waals surface area contributed by atoms with Crippen LogP contribution < -0.4 is 0 Å². The third-order valence-corrected chi connectivity index (χ3v) is 2.48. The van der Waals surface area contributed by atoms with Gasteiger partial charge in [0.2, 0.25) is 0 Å². The Balaban J connectivity index is 2.64. The van der Waals surface area contributed by atoms with Gasteiger partial charge in [-0.05, 0) is 44.3 Å². The van der Waals surface area contributed by atoms with E-state index in [-0.39, 0.29) is 0 Å². The second-order valence-corrected chi connectivity index (χ2v) is 4.12. The summed E-state index contributed by atoms with van der Waals surface area (Å²) in [4.78, 5) is 6.88. The molecule has 0 saturated carbocycles. The van der Waals surface area contributed by atoms with Gasteiger partial charge in [-0.3, -0.25) is 0 Å². The molecule has 1 rings (SSSR count). The highest BCUT2D eigenvalue weighted by atomic mass is 15.2. The molecular formula is C13H22N2. The molecule has 0 aliphatic carbocycles. The second kappa shape index (κ2) is 6.44. The Morgan fingerprint density at radius 3 is 2.53 bits per heavy atom.